The minimum absolute atomic E-state index is 0.152. The Morgan fingerprint density at radius 1 is 1.08 bits per heavy atom. The second-order valence-corrected chi connectivity index (χ2v) is 8.92. The molecule has 10 N–H and O–H groups in total. The number of amides is 3. The number of anilines is 1. The summed E-state index contributed by atoms with van der Waals surface area (Å²) in [5.41, 5.74) is 17.2. The SMILES string of the molecule is NCCCC[C@@H](NC(=O)CCCCCNC(=O)[C@H]1O[C@@H](n2cnc3c(N)ncnc32)[C@H](O)[C@@H]1O)C(N)=O. The molecule has 3 heterocycles. The van der Waals surface area contributed by atoms with Crippen LogP contribution in [0.25, 0.3) is 11.2 Å². The van der Waals surface area contributed by atoms with Crippen molar-refractivity contribution >= 4 is 34.7 Å². The van der Waals surface area contributed by atoms with E-state index in [1.165, 1.54) is 17.2 Å². The number of nitrogens with one attached hydrogen (secondary N) is 2. The molecule has 0 bridgehead atoms. The molecule has 0 saturated carbocycles. The number of imidazole rings is 1. The number of carbonyl (C=O) groups excluding carboxylic acids is 3. The number of nitrogens with two attached hydrogens (primary N) is 3. The van der Waals surface area contributed by atoms with E-state index >= 15 is 0 Å². The molecule has 2 aromatic rings. The van der Waals surface area contributed by atoms with Gasteiger partial charge in [0.25, 0.3) is 5.91 Å². The van der Waals surface area contributed by atoms with Gasteiger partial charge in [0, 0.05) is 13.0 Å². The Morgan fingerprint density at radius 3 is 2.59 bits per heavy atom. The van der Waals surface area contributed by atoms with Crippen LogP contribution >= 0.6 is 0 Å². The molecular weight excluding hydrogens is 486 g/mol. The summed E-state index contributed by atoms with van der Waals surface area (Å²) in [6.07, 6.45) is 1.22. The fraction of sp³-hybridized carbons (Fsp3) is 0.636. The van der Waals surface area contributed by atoms with E-state index in [9.17, 15) is 24.6 Å². The lowest BCUT2D eigenvalue weighted by Crippen LogP contribution is -2.44. The Morgan fingerprint density at radius 2 is 1.86 bits per heavy atom. The number of carbonyl (C=O) groups is 3. The van der Waals surface area contributed by atoms with Crippen LogP contribution in [-0.4, -0.2) is 84.9 Å². The lowest BCUT2D eigenvalue weighted by Gasteiger charge is -2.16. The predicted octanol–water partition coefficient (Wildman–Crippen LogP) is -2.20. The summed E-state index contributed by atoms with van der Waals surface area (Å²) < 4.78 is 7.04. The minimum Gasteiger partial charge on any atom is -0.387 e. The van der Waals surface area contributed by atoms with Crippen LogP contribution in [0.4, 0.5) is 5.82 Å². The van der Waals surface area contributed by atoms with Gasteiger partial charge in [0.05, 0.1) is 6.33 Å². The number of hydrogen-bond acceptors (Lipinski definition) is 11. The fourth-order valence-electron chi connectivity index (χ4n) is 4.11. The number of fused-ring (bicyclic) bond motifs is 1. The molecule has 0 radical (unpaired) electrons. The molecule has 2 aromatic heterocycles. The Balaban J connectivity index is 1.39. The van der Waals surface area contributed by atoms with Gasteiger partial charge < -0.3 is 42.8 Å². The van der Waals surface area contributed by atoms with E-state index in [-0.39, 0.29) is 24.7 Å². The molecule has 0 aromatic carbocycles. The van der Waals surface area contributed by atoms with Gasteiger partial charge in [-0.15, -0.1) is 0 Å². The standard InChI is InChI=1S/C22H35N9O6/c23-8-4-3-6-12(19(25)35)30-13(32)7-2-1-5-9-26-21(36)17-15(33)16(34)22(37-17)31-11-29-14-18(24)27-10-28-20(14)31/h10-12,15-17,22,33-34H,1-9,23H2,(H2,25,35)(H,26,36)(H,30,32)(H2,24,27,28)/t12-,15+,16-,17+,22-/m1/s1. The largest absolute Gasteiger partial charge is 0.387 e. The van der Waals surface area contributed by atoms with Crippen LogP contribution in [0.2, 0.25) is 0 Å². The van der Waals surface area contributed by atoms with Crippen LogP contribution in [0.1, 0.15) is 51.2 Å². The smallest absolute Gasteiger partial charge is 0.252 e. The normalized spacial score (nSPS) is 22.1. The molecule has 15 nitrogen and oxygen atoms in total. The van der Waals surface area contributed by atoms with Gasteiger partial charge >= 0.3 is 0 Å². The topological polar surface area (TPSA) is 247 Å². The van der Waals surface area contributed by atoms with E-state index in [0.717, 1.165) is 6.42 Å². The van der Waals surface area contributed by atoms with E-state index in [0.29, 0.717) is 49.8 Å². The molecule has 204 valence electrons. The number of aromatic nitrogens is 4. The van der Waals surface area contributed by atoms with Crippen LogP contribution in [0.15, 0.2) is 12.7 Å². The zero-order valence-electron chi connectivity index (χ0n) is 20.5. The van der Waals surface area contributed by atoms with Crippen LogP contribution in [0, 0.1) is 0 Å². The first kappa shape index (κ1) is 28.2. The number of ether oxygens (including phenoxy) is 1. The zero-order valence-corrected chi connectivity index (χ0v) is 20.5. The van der Waals surface area contributed by atoms with Gasteiger partial charge in [-0.3, -0.25) is 19.0 Å². The minimum atomic E-state index is -1.46. The summed E-state index contributed by atoms with van der Waals surface area (Å²) in [6, 6.07) is -0.708. The summed E-state index contributed by atoms with van der Waals surface area (Å²) >= 11 is 0. The number of unbranched alkanes of at least 4 members (excludes halogenated alkanes) is 3. The average Bonchev–Trinajstić information content (AvgIpc) is 3.42. The molecule has 1 aliphatic rings. The summed E-state index contributed by atoms with van der Waals surface area (Å²) in [5.74, 6) is -1.26. The molecule has 1 fully saturated rings. The van der Waals surface area contributed by atoms with Gasteiger partial charge in [0.1, 0.15) is 30.1 Å². The summed E-state index contributed by atoms with van der Waals surface area (Å²) in [4.78, 5) is 48.2. The van der Waals surface area contributed by atoms with E-state index in [2.05, 4.69) is 25.6 Å². The quantitative estimate of drug-likeness (QED) is 0.131. The van der Waals surface area contributed by atoms with Crippen molar-refractivity contribution in [1.82, 2.24) is 30.2 Å². The zero-order chi connectivity index (χ0) is 26.9. The highest BCUT2D eigenvalue weighted by Crippen LogP contribution is 2.32. The maximum atomic E-state index is 12.6. The van der Waals surface area contributed by atoms with Crippen LogP contribution in [-0.2, 0) is 19.1 Å². The predicted molar refractivity (Wildman–Crippen MR) is 131 cm³/mol. The first-order valence-electron chi connectivity index (χ1n) is 12.3. The van der Waals surface area contributed by atoms with Crippen molar-refractivity contribution in [2.45, 2.75) is 75.5 Å². The van der Waals surface area contributed by atoms with Crippen molar-refractivity contribution in [3.8, 4) is 0 Å². The van der Waals surface area contributed by atoms with Gasteiger partial charge in [0.15, 0.2) is 23.8 Å². The van der Waals surface area contributed by atoms with Crippen LogP contribution in [0.5, 0.6) is 0 Å². The number of nitrogen functional groups attached to an aromatic ring is 1. The van der Waals surface area contributed by atoms with Crippen LogP contribution < -0.4 is 27.8 Å². The van der Waals surface area contributed by atoms with Gasteiger partial charge in [-0.25, -0.2) is 15.0 Å². The van der Waals surface area contributed by atoms with Crippen molar-refractivity contribution in [1.29, 1.82) is 0 Å². The third-order valence-corrected chi connectivity index (χ3v) is 6.16. The molecule has 0 spiro atoms. The van der Waals surface area contributed by atoms with E-state index in [4.69, 9.17) is 21.9 Å². The average molecular weight is 522 g/mol. The maximum absolute atomic E-state index is 12.6. The molecule has 37 heavy (non-hydrogen) atoms. The number of nitrogens with zero attached hydrogens (tertiary/aromatic N) is 4. The van der Waals surface area contributed by atoms with Crippen molar-refractivity contribution in [2.24, 2.45) is 11.5 Å². The summed E-state index contributed by atoms with van der Waals surface area (Å²) in [5, 5.41) is 26.2. The molecule has 15 heteroatoms. The lowest BCUT2D eigenvalue weighted by atomic mass is 10.1. The van der Waals surface area contributed by atoms with Crippen molar-refractivity contribution in [3.05, 3.63) is 12.7 Å². The van der Waals surface area contributed by atoms with E-state index < -0.39 is 42.4 Å². The first-order valence-corrected chi connectivity index (χ1v) is 12.3. The van der Waals surface area contributed by atoms with Gasteiger partial charge in [-0.2, -0.15) is 0 Å². The third-order valence-electron chi connectivity index (χ3n) is 6.16. The molecule has 1 aliphatic heterocycles. The monoisotopic (exact) mass is 521 g/mol. The molecule has 3 amide bonds. The highest BCUT2D eigenvalue weighted by molar-refractivity contribution is 5.86. The second kappa shape index (κ2) is 13.2. The third kappa shape index (κ3) is 7.09. The molecule has 5 atom stereocenters. The van der Waals surface area contributed by atoms with Gasteiger partial charge in [-0.1, -0.05) is 6.42 Å². The summed E-state index contributed by atoms with van der Waals surface area (Å²) in [6.45, 7) is 0.796. The first-order chi connectivity index (χ1) is 17.7. The molecule has 0 aliphatic carbocycles. The Hall–Kier alpha value is -3.40. The summed E-state index contributed by atoms with van der Waals surface area (Å²) in [7, 11) is 0. The fourth-order valence-corrected chi connectivity index (χ4v) is 4.11. The van der Waals surface area contributed by atoms with Crippen molar-refractivity contribution in [2.75, 3.05) is 18.8 Å². The van der Waals surface area contributed by atoms with E-state index in [1.807, 2.05) is 0 Å². The highest BCUT2D eigenvalue weighted by Gasteiger charge is 2.47. The Bertz CT molecular complexity index is 1080. The molecule has 3 rings (SSSR count). The molecule has 0 unspecified atom stereocenters. The number of aliphatic hydroxyl groups is 2. The number of primary amides is 1. The molecular formula is C22H35N9O6. The number of hydrogen-bond donors (Lipinski definition) is 7. The van der Waals surface area contributed by atoms with Gasteiger partial charge in [-0.05, 0) is 38.6 Å². The number of rotatable bonds is 14. The van der Waals surface area contributed by atoms with Crippen molar-refractivity contribution in [3.63, 3.8) is 0 Å². The Kier molecular flexibility index (Phi) is 10.1. The maximum Gasteiger partial charge on any atom is 0.252 e. The van der Waals surface area contributed by atoms with E-state index in [1.54, 1.807) is 0 Å². The molecule has 1 saturated heterocycles. The lowest BCUT2D eigenvalue weighted by molar-refractivity contribution is -0.137. The van der Waals surface area contributed by atoms with Crippen molar-refractivity contribution < 1.29 is 29.3 Å². The highest BCUT2D eigenvalue weighted by atomic mass is 16.6. The van der Waals surface area contributed by atoms with Gasteiger partial charge in [0.2, 0.25) is 11.8 Å². The second-order valence-electron chi connectivity index (χ2n) is 8.92. The number of aliphatic hydroxyl groups excluding tert-OH is 2. The Labute approximate surface area is 213 Å². The van der Waals surface area contributed by atoms with Crippen LogP contribution in [0.3, 0.4) is 0 Å².